The van der Waals surface area contributed by atoms with Crippen molar-refractivity contribution < 1.29 is 4.79 Å². The fourth-order valence-corrected chi connectivity index (χ4v) is 4.29. The Kier molecular flexibility index (Phi) is 8.97. The standard InChI is InChI=1S/C16H24N4OS2.ClH/c1-4-5-6-12(7-17)20-13(21)8-22-15-14-10(2)11(3)23-16(14)19-9-18-15;/h9,12H,4-8,17H2,1-3H3,(H,20,21);1H. The molecule has 2 rings (SSSR count). The molecule has 0 saturated heterocycles. The molecule has 3 N–H and O–H groups in total. The third kappa shape index (κ3) is 5.31. The van der Waals surface area contributed by atoms with Crippen molar-refractivity contribution in [3.63, 3.8) is 0 Å². The molecule has 0 aliphatic rings. The van der Waals surface area contributed by atoms with E-state index in [1.54, 1.807) is 17.7 Å². The molecule has 0 aliphatic heterocycles. The largest absolute Gasteiger partial charge is 0.351 e. The van der Waals surface area contributed by atoms with Crippen LogP contribution in [-0.4, -0.2) is 34.2 Å². The van der Waals surface area contributed by atoms with Gasteiger partial charge in [-0.05, 0) is 25.8 Å². The average molecular weight is 389 g/mol. The molecule has 8 heteroatoms. The van der Waals surface area contributed by atoms with Crippen molar-refractivity contribution in [3.8, 4) is 0 Å². The molecule has 2 aromatic rings. The van der Waals surface area contributed by atoms with Crippen LogP contribution in [0.25, 0.3) is 10.2 Å². The smallest absolute Gasteiger partial charge is 0.230 e. The molecular formula is C16H25ClN4OS2. The van der Waals surface area contributed by atoms with Gasteiger partial charge in [0, 0.05) is 22.8 Å². The summed E-state index contributed by atoms with van der Waals surface area (Å²) in [6.07, 6.45) is 4.69. The monoisotopic (exact) mass is 388 g/mol. The first-order valence-corrected chi connectivity index (χ1v) is 9.69. The van der Waals surface area contributed by atoms with Crippen LogP contribution in [0.1, 0.15) is 36.6 Å². The zero-order valence-corrected chi connectivity index (χ0v) is 16.7. The summed E-state index contributed by atoms with van der Waals surface area (Å²) < 4.78 is 0. The van der Waals surface area contributed by atoms with Gasteiger partial charge in [0.1, 0.15) is 16.2 Å². The van der Waals surface area contributed by atoms with Crippen LogP contribution in [0.4, 0.5) is 0 Å². The Morgan fingerprint density at radius 2 is 2.17 bits per heavy atom. The first-order chi connectivity index (χ1) is 11.1. The van der Waals surface area contributed by atoms with E-state index in [1.807, 2.05) is 0 Å². The van der Waals surface area contributed by atoms with Crippen molar-refractivity contribution in [2.75, 3.05) is 12.3 Å². The number of thioether (sulfide) groups is 1. The summed E-state index contributed by atoms with van der Waals surface area (Å²) in [5, 5.41) is 4.97. The molecule has 2 heterocycles. The number of hydrogen-bond acceptors (Lipinski definition) is 6. The van der Waals surface area contributed by atoms with Crippen molar-refractivity contribution >= 4 is 51.6 Å². The van der Waals surface area contributed by atoms with Crippen molar-refractivity contribution in [2.45, 2.75) is 51.1 Å². The Balaban J connectivity index is 0.00000288. The molecule has 0 radical (unpaired) electrons. The van der Waals surface area contributed by atoms with Gasteiger partial charge in [0.15, 0.2) is 0 Å². The van der Waals surface area contributed by atoms with E-state index < -0.39 is 0 Å². The van der Waals surface area contributed by atoms with Crippen LogP contribution < -0.4 is 11.1 Å². The summed E-state index contributed by atoms with van der Waals surface area (Å²) in [5.74, 6) is 0.362. The number of nitrogens with two attached hydrogens (primary N) is 1. The second kappa shape index (κ2) is 10.2. The maximum absolute atomic E-state index is 12.1. The number of rotatable bonds is 8. The molecule has 1 amide bonds. The lowest BCUT2D eigenvalue weighted by Crippen LogP contribution is -2.41. The van der Waals surface area contributed by atoms with E-state index in [0.717, 1.165) is 34.5 Å². The van der Waals surface area contributed by atoms with Gasteiger partial charge in [0.05, 0.1) is 5.75 Å². The zero-order chi connectivity index (χ0) is 16.8. The van der Waals surface area contributed by atoms with Crippen LogP contribution in [-0.2, 0) is 4.79 Å². The molecule has 1 atom stereocenters. The highest BCUT2D eigenvalue weighted by atomic mass is 35.5. The summed E-state index contributed by atoms with van der Waals surface area (Å²) in [7, 11) is 0. The molecule has 134 valence electrons. The highest BCUT2D eigenvalue weighted by molar-refractivity contribution is 8.00. The van der Waals surface area contributed by atoms with E-state index >= 15 is 0 Å². The van der Waals surface area contributed by atoms with E-state index in [4.69, 9.17) is 5.73 Å². The molecule has 0 saturated carbocycles. The lowest BCUT2D eigenvalue weighted by molar-refractivity contribution is -0.119. The number of carbonyl (C=O) groups excluding carboxylic acids is 1. The number of unbranched alkanes of at least 4 members (excludes halogenated alkanes) is 1. The quantitative estimate of drug-likeness (QED) is 0.534. The van der Waals surface area contributed by atoms with Crippen molar-refractivity contribution in [1.82, 2.24) is 15.3 Å². The number of nitrogens with one attached hydrogen (secondary N) is 1. The summed E-state index contributed by atoms with van der Waals surface area (Å²) in [6, 6.07) is 0.0681. The summed E-state index contributed by atoms with van der Waals surface area (Å²) in [5.41, 5.74) is 6.93. The second-order valence-corrected chi connectivity index (χ2v) is 7.74. The van der Waals surface area contributed by atoms with Gasteiger partial charge in [-0.3, -0.25) is 4.79 Å². The third-order valence-electron chi connectivity index (χ3n) is 3.83. The van der Waals surface area contributed by atoms with Crippen LogP contribution in [0.3, 0.4) is 0 Å². The molecule has 0 aliphatic carbocycles. The van der Waals surface area contributed by atoms with Gasteiger partial charge in [-0.15, -0.1) is 23.7 Å². The van der Waals surface area contributed by atoms with Crippen LogP contribution >= 0.6 is 35.5 Å². The molecule has 0 fully saturated rings. The number of carbonyl (C=O) groups is 1. The summed E-state index contributed by atoms with van der Waals surface area (Å²) in [6.45, 7) is 6.78. The van der Waals surface area contributed by atoms with Crippen molar-refractivity contribution in [2.24, 2.45) is 5.73 Å². The van der Waals surface area contributed by atoms with E-state index in [2.05, 4.69) is 36.1 Å². The number of aromatic nitrogens is 2. The number of nitrogens with zero attached hydrogens (tertiary/aromatic N) is 2. The number of halogens is 1. The normalized spacial score (nSPS) is 12.0. The highest BCUT2D eigenvalue weighted by Gasteiger charge is 2.15. The third-order valence-corrected chi connectivity index (χ3v) is 5.93. The van der Waals surface area contributed by atoms with Crippen LogP contribution in [0, 0.1) is 13.8 Å². The minimum absolute atomic E-state index is 0. The van der Waals surface area contributed by atoms with Crippen LogP contribution in [0.5, 0.6) is 0 Å². The fourth-order valence-electron chi connectivity index (χ4n) is 2.36. The topological polar surface area (TPSA) is 80.9 Å². The summed E-state index contributed by atoms with van der Waals surface area (Å²) in [4.78, 5) is 23.1. The first-order valence-electron chi connectivity index (χ1n) is 7.89. The maximum Gasteiger partial charge on any atom is 0.230 e. The zero-order valence-electron chi connectivity index (χ0n) is 14.3. The van der Waals surface area contributed by atoms with E-state index in [-0.39, 0.29) is 24.4 Å². The first kappa shape index (κ1) is 21.2. The second-order valence-electron chi connectivity index (χ2n) is 5.57. The Labute approximate surface area is 157 Å². The van der Waals surface area contributed by atoms with Gasteiger partial charge >= 0.3 is 0 Å². The fraction of sp³-hybridized carbons (Fsp3) is 0.562. The van der Waals surface area contributed by atoms with Crippen LogP contribution in [0.15, 0.2) is 11.4 Å². The Morgan fingerprint density at radius 3 is 2.83 bits per heavy atom. The van der Waals surface area contributed by atoms with Gasteiger partial charge in [0.2, 0.25) is 5.91 Å². The predicted molar refractivity (Wildman–Crippen MR) is 105 cm³/mol. The lowest BCUT2D eigenvalue weighted by atomic mass is 10.1. The van der Waals surface area contributed by atoms with Crippen molar-refractivity contribution in [3.05, 3.63) is 16.8 Å². The van der Waals surface area contributed by atoms with Gasteiger partial charge in [-0.2, -0.15) is 0 Å². The highest BCUT2D eigenvalue weighted by Crippen LogP contribution is 2.34. The number of fused-ring (bicyclic) bond motifs is 1. The average Bonchev–Trinajstić information content (AvgIpc) is 2.84. The summed E-state index contributed by atoms with van der Waals surface area (Å²) >= 11 is 3.13. The SMILES string of the molecule is CCCCC(CN)NC(=O)CSc1ncnc2sc(C)c(C)c12.Cl. The number of amides is 1. The number of aryl methyl sites for hydroxylation is 2. The minimum Gasteiger partial charge on any atom is -0.351 e. The Bertz CT molecular complexity index is 677. The molecular weight excluding hydrogens is 364 g/mol. The lowest BCUT2D eigenvalue weighted by Gasteiger charge is -2.16. The number of hydrogen-bond donors (Lipinski definition) is 2. The Hall–Kier alpha value is -0.890. The van der Waals surface area contributed by atoms with Gasteiger partial charge < -0.3 is 11.1 Å². The molecule has 2 aromatic heterocycles. The molecule has 5 nitrogen and oxygen atoms in total. The molecule has 0 spiro atoms. The minimum atomic E-state index is 0. The van der Waals surface area contributed by atoms with Crippen LogP contribution in [0.2, 0.25) is 0 Å². The van der Waals surface area contributed by atoms with E-state index in [1.165, 1.54) is 22.2 Å². The Morgan fingerprint density at radius 1 is 1.42 bits per heavy atom. The van der Waals surface area contributed by atoms with Crippen molar-refractivity contribution in [1.29, 1.82) is 0 Å². The molecule has 0 bridgehead atoms. The molecule has 24 heavy (non-hydrogen) atoms. The van der Waals surface area contributed by atoms with Gasteiger partial charge in [0.25, 0.3) is 0 Å². The molecule has 0 aromatic carbocycles. The van der Waals surface area contributed by atoms with Gasteiger partial charge in [-0.25, -0.2) is 9.97 Å². The number of thiophene rings is 1. The van der Waals surface area contributed by atoms with Gasteiger partial charge in [-0.1, -0.05) is 31.5 Å². The molecule has 1 unspecified atom stereocenters. The van der Waals surface area contributed by atoms with E-state index in [9.17, 15) is 4.79 Å². The predicted octanol–water partition coefficient (Wildman–Crippen LogP) is 3.46. The maximum atomic E-state index is 12.1. The van der Waals surface area contributed by atoms with E-state index in [0.29, 0.717) is 12.3 Å².